The molecular weight excluding hydrogens is 540 g/mol. The van der Waals surface area contributed by atoms with Crippen molar-refractivity contribution in [3.8, 4) is 0 Å². The molecule has 0 aliphatic heterocycles. The fourth-order valence-corrected chi connectivity index (χ4v) is 6.05. The minimum atomic E-state index is -1.45. The van der Waals surface area contributed by atoms with Gasteiger partial charge in [0.25, 0.3) is 0 Å². The van der Waals surface area contributed by atoms with Crippen LogP contribution in [0.3, 0.4) is 0 Å². The van der Waals surface area contributed by atoms with E-state index in [-0.39, 0.29) is 24.5 Å². The van der Waals surface area contributed by atoms with Crippen LogP contribution in [-0.4, -0.2) is 53.6 Å². The highest BCUT2D eigenvalue weighted by Gasteiger charge is 2.62. The second-order valence-corrected chi connectivity index (χ2v) is 12.1. The van der Waals surface area contributed by atoms with Gasteiger partial charge in [0.05, 0.1) is 11.5 Å². The Bertz CT molecular complexity index is 1260. The molecule has 0 N–H and O–H groups in total. The van der Waals surface area contributed by atoms with Crippen molar-refractivity contribution in [1.82, 2.24) is 0 Å². The Hall–Kier alpha value is -3.75. The molecule has 0 amide bonds. The number of esters is 4. The van der Waals surface area contributed by atoms with E-state index in [1.807, 2.05) is 13.8 Å². The molecule has 9 heteroatoms. The highest BCUT2D eigenvalue weighted by molar-refractivity contribution is 5.89. The number of ketones is 1. The highest BCUT2D eigenvalue weighted by atomic mass is 16.6. The van der Waals surface area contributed by atoms with Crippen molar-refractivity contribution >= 4 is 29.7 Å². The molecule has 3 rings (SSSR count). The van der Waals surface area contributed by atoms with Crippen molar-refractivity contribution in [1.29, 1.82) is 0 Å². The zero-order valence-corrected chi connectivity index (χ0v) is 25.7. The predicted molar refractivity (Wildman–Crippen MR) is 154 cm³/mol. The molecule has 1 saturated carbocycles. The lowest BCUT2D eigenvalue weighted by Gasteiger charge is -2.43. The summed E-state index contributed by atoms with van der Waals surface area (Å²) in [4.78, 5) is 64.0. The van der Waals surface area contributed by atoms with Crippen LogP contribution in [-0.2, 0) is 38.1 Å². The largest absolute Gasteiger partial charge is 0.458 e. The first-order valence-electron chi connectivity index (χ1n) is 14.3. The Morgan fingerprint density at radius 3 is 2.07 bits per heavy atom. The van der Waals surface area contributed by atoms with E-state index in [0.29, 0.717) is 11.1 Å². The van der Waals surface area contributed by atoms with Gasteiger partial charge < -0.3 is 18.9 Å². The van der Waals surface area contributed by atoms with Gasteiger partial charge in [0.2, 0.25) is 0 Å². The van der Waals surface area contributed by atoms with E-state index in [2.05, 4.69) is 0 Å². The molecule has 0 radical (unpaired) electrons. The van der Waals surface area contributed by atoms with E-state index in [9.17, 15) is 24.0 Å². The zero-order chi connectivity index (χ0) is 31.4. The summed E-state index contributed by atoms with van der Waals surface area (Å²) in [5, 5.41) is 0. The molecule has 1 fully saturated rings. The fraction of sp³-hybridized carbons (Fsp3) is 0.545. The molecule has 9 nitrogen and oxygen atoms in total. The normalized spacial score (nSPS) is 31.0. The number of fused-ring (bicyclic) bond motifs is 1. The molecule has 0 heterocycles. The van der Waals surface area contributed by atoms with Gasteiger partial charge in [-0.2, -0.15) is 0 Å². The van der Waals surface area contributed by atoms with Crippen molar-refractivity contribution in [2.45, 2.75) is 92.1 Å². The van der Waals surface area contributed by atoms with Crippen molar-refractivity contribution in [3.63, 3.8) is 0 Å². The quantitative estimate of drug-likeness (QED) is 0.263. The first kappa shape index (κ1) is 32.8. The van der Waals surface area contributed by atoms with E-state index in [1.165, 1.54) is 20.8 Å². The van der Waals surface area contributed by atoms with E-state index in [1.54, 1.807) is 69.3 Å². The van der Waals surface area contributed by atoms with Crippen LogP contribution in [0.2, 0.25) is 0 Å². The van der Waals surface area contributed by atoms with Crippen molar-refractivity contribution in [2.75, 3.05) is 0 Å². The van der Waals surface area contributed by atoms with Gasteiger partial charge >= 0.3 is 23.9 Å². The molecule has 0 bridgehead atoms. The van der Waals surface area contributed by atoms with E-state index in [0.717, 1.165) is 0 Å². The first-order valence-corrected chi connectivity index (χ1v) is 14.3. The number of Topliss-reactive ketones (excluding diaryl/α,β-unsaturated/α-hetero) is 1. The average Bonchev–Trinajstić information content (AvgIpc) is 3.14. The summed E-state index contributed by atoms with van der Waals surface area (Å²) in [5.74, 6) is -4.12. The number of hydrogen-bond acceptors (Lipinski definition) is 9. The monoisotopic (exact) mass is 582 g/mol. The number of carbonyl (C=O) groups is 5. The van der Waals surface area contributed by atoms with Gasteiger partial charge in [-0.1, -0.05) is 50.3 Å². The molecule has 0 aromatic heterocycles. The molecule has 42 heavy (non-hydrogen) atoms. The van der Waals surface area contributed by atoms with Crippen LogP contribution in [0, 0.1) is 23.2 Å². The molecule has 0 spiro atoms. The number of allylic oxidation sites excluding steroid dienone is 1. The number of ether oxygens (including phenoxy) is 4. The molecule has 1 aromatic rings. The Labute approximate surface area is 247 Å². The summed E-state index contributed by atoms with van der Waals surface area (Å²) in [6, 6.07) is 8.52. The Morgan fingerprint density at radius 1 is 0.881 bits per heavy atom. The Morgan fingerprint density at radius 2 is 1.50 bits per heavy atom. The standard InChI is InChI=1S/C33H42O9/c1-19-14-15-32(7,8)28(37)17-27(39-22(4)34)20(2)16-26-29(41-31(38)25-12-10-9-11-13-25)21(3)18-33(26,42-24(6)36)30(19)40-23(5)35/h9-16,19,21,26-27,29-30H,17-18H2,1-8H3/t19-,21-,26-,27+,29-,30-,33+/m0/s1. The number of benzene rings is 1. The van der Waals surface area contributed by atoms with Crippen LogP contribution in [0.5, 0.6) is 0 Å². The lowest BCUT2D eigenvalue weighted by atomic mass is 9.75. The van der Waals surface area contributed by atoms with Crippen LogP contribution >= 0.6 is 0 Å². The molecule has 0 saturated heterocycles. The van der Waals surface area contributed by atoms with Crippen molar-refractivity contribution in [3.05, 3.63) is 59.7 Å². The highest BCUT2D eigenvalue weighted by Crippen LogP contribution is 2.51. The van der Waals surface area contributed by atoms with Crippen molar-refractivity contribution in [2.24, 2.45) is 23.2 Å². The number of rotatable bonds is 5. The van der Waals surface area contributed by atoms with Gasteiger partial charge in [0.1, 0.15) is 24.1 Å². The van der Waals surface area contributed by atoms with Crippen LogP contribution in [0.25, 0.3) is 0 Å². The first-order chi connectivity index (χ1) is 19.6. The molecule has 7 atom stereocenters. The molecule has 2 aliphatic carbocycles. The number of carbonyl (C=O) groups excluding carboxylic acids is 5. The SMILES string of the molecule is CC(=O)O[C@@H]1CC(=O)C(C)(C)C=C[C@H](C)[C@H](OC(C)=O)[C@@]2(OC(C)=O)C[C@H](C)[C@H](OC(=O)c3ccccc3)[C@@H]2C=C1C. The summed E-state index contributed by atoms with van der Waals surface area (Å²) in [5.41, 5.74) is -1.51. The topological polar surface area (TPSA) is 122 Å². The molecular formula is C33H42O9. The van der Waals surface area contributed by atoms with Gasteiger partial charge in [0, 0.05) is 38.5 Å². The fourth-order valence-electron chi connectivity index (χ4n) is 6.05. The van der Waals surface area contributed by atoms with E-state index >= 15 is 0 Å². The maximum absolute atomic E-state index is 13.4. The summed E-state index contributed by atoms with van der Waals surface area (Å²) in [6.45, 7) is 12.8. The van der Waals surface area contributed by atoms with Gasteiger partial charge in [0.15, 0.2) is 5.60 Å². The summed E-state index contributed by atoms with van der Waals surface area (Å²) >= 11 is 0. The lowest BCUT2D eigenvalue weighted by molar-refractivity contribution is -0.195. The third-order valence-electron chi connectivity index (χ3n) is 8.12. The third-order valence-corrected chi connectivity index (χ3v) is 8.12. The van der Waals surface area contributed by atoms with Crippen LogP contribution in [0.4, 0.5) is 0 Å². The Balaban J connectivity index is 2.29. The maximum atomic E-state index is 13.4. The molecule has 1 aromatic carbocycles. The minimum absolute atomic E-state index is 0.0850. The predicted octanol–water partition coefficient (Wildman–Crippen LogP) is 5.17. The van der Waals surface area contributed by atoms with Gasteiger partial charge in [-0.3, -0.25) is 19.2 Å². The summed E-state index contributed by atoms with van der Waals surface area (Å²) in [6.07, 6.45) is 2.67. The Kier molecular flexibility index (Phi) is 10.2. The maximum Gasteiger partial charge on any atom is 0.338 e. The summed E-state index contributed by atoms with van der Waals surface area (Å²) in [7, 11) is 0. The second-order valence-electron chi connectivity index (χ2n) is 12.1. The van der Waals surface area contributed by atoms with Gasteiger partial charge in [-0.25, -0.2) is 4.79 Å². The third kappa shape index (κ3) is 7.36. The van der Waals surface area contributed by atoms with Gasteiger partial charge in [-0.05, 0) is 50.8 Å². The summed E-state index contributed by atoms with van der Waals surface area (Å²) < 4.78 is 23.8. The molecule has 0 unspecified atom stereocenters. The van der Waals surface area contributed by atoms with E-state index in [4.69, 9.17) is 18.9 Å². The van der Waals surface area contributed by atoms with Gasteiger partial charge in [-0.15, -0.1) is 0 Å². The van der Waals surface area contributed by atoms with Crippen LogP contribution in [0.15, 0.2) is 54.1 Å². The van der Waals surface area contributed by atoms with E-state index < -0.39 is 65.0 Å². The van der Waals surface area contributed by atoms with Crippen molar-refractivity contribution < 1.29 is 42.9 Å². The zero-order valence-electron chi connectivity index (χ0n) is 25.7. The molecule has 2 aliphatic rings. The average molecular weight is 583 g/mol. The minimum Gasteiger partial charge on any atom is -0.458 e. The van der Waals surface area contributed by atoms with Crippen LogP contribution in [0.1, 0.15) is 78.6 Å². The lowest BCUT2D eigenvalue weighted by Crippen LogP contribution is -2.55. The smallest absolute Gasteiger partial charge is 0.338 e. The number of hydrogen-bond donors (Lipinski definition) is 0. The van der Waals surface area contributed by atoms with Crippen LogP contribution < -0.4 is 0 Å². The second kappa shape index (κ2) is 13.0. The molecule has 228 valence electrons.